The molecule has 0 atom stereocenters. The predicted octanol–water partition coefficient (Wildman–Crippen LogP) is 0.283. The summed E-state index contributed by atoms with van der Waals surface area (Å²) in [6, 6.07) is 0. The molecule has 1 aliphatic rings. The molecule has 7 heteroatoms. The molecule has 0 aromatic heterocycles. The first-order valence-corrected chi connectivity index (χ1v) is 8.35. The van der Waals surface area contributed by atoms with Crippen molar-refractivity contribution < 1.29 is 23.7 Å². The molecule has 136 valence electrons. The quantitative estimate of drug-likeness (QED) is 0.430. The van der Waals surface area contributed by atoms with Gasteiger partial charge in [-0.05, 0) is 20.8 Å². The standard InChI is InChI=1S/C16H32N2O5/c1-16(2,3)23-15(19)14-22-13-12-21-11-10-20-9-8-18-6-4-17-5-7-18/h17H,4-14H2,1-3H3. The van der Waals surface area contributed by atoms with E-state index in [0.717, 1.165) is 39.3 Å². The smallest absolute Gasteiger partial charge is 0.332 e. The predicted molar refractivity (Wildman–Crippen MR) is 87.6 cm³/mol. The van der Waals surface area contributed by atoms with Crippen molar-refractivity contribution in [2.24, 2.45) is 0 Å². The number of carbonyl (C=O) groups excluding carboxylic acids is 1. The van der Waals surface area contributed by atoms with Gasteiger partial charge in [-0.2, -0.15) is 0 Å². The van der Waals surface area contributed by atoms with Crippen LogP contribution >= 0.6 is 0 Å². The lowest BCUT2D eigenvalue weighted by atomic mass is 10.2. The van der Waals surface area contributed by atoms with Crippen molar-refractivity contribution in [1.29, 1.82) is 0 Å². The second-order valence-electron chi connectivity index (χ2n) is 6.46. The third-order valence-electron chi connectivity index (χ3n) is 3.15. The molecule has 0 aromatic rings. The van der Waals surface area contributed by atoms with Gasteiger partial charge < -0.3 is 24.3 Å². The third kappa shape index (κ3) is 12.4. The van der Waals surface area contributed by atoms with Crippen LogP contribution in [-0.4, -0.2) is 88.8 Å². The molecule has 0 unspecified atom stereocenters. The van der Waals surface area contributed by atoms with Gasteiger partial charge in [-0.25, -0.2) is 4.79 Å². The van der Waals surface area contributed by atoms with Crippen molar-refractivity contribution in [1.82, 2.24) is 10.2 Å². The van der Waals surface area contributed by atoms with Crippen LogP contribution in [0.4, 0.5) is 0 Å². The zero-order chi connectivity index (χ0) is 17.0. The summed E-state index contributed by atoms with van der Waals surface area (Å²) in [4.78, 5) is 13.8. The van der Waals surface area contributed by atoms with E-state index in [9.17, 15) is 4.79 Å². The van der Waals surface area contributed by atoms with Crippen LogP contribution in [0.3, 0.4) is 0 Å². The van der Waals surface area contributed by atoms with Gasteiger partial charge in [0.2, 0.25) is 0 Å². The van der Waals surface area contributed by atoms with Gasteiger partial charge in [0.1, 0.15) is 12.2 Å². The summed E-state index contributed by atoms with van der Waals surface area (Å²) in [5.41, 5.74) is -0.473. The number of hydrogen-bond acceptors (Lipinski definition) is 7. The molecule has 0 bridgehead atoms. The third-order valence-corrected chi connectivity index (χ3v) is 3.15. The van der Waals surface area contributed by atoms with Crippen molar-refractivity contribution in [3.8, 4) is 0 Å². The maximum absolute atomic E-state index is 11.4. The lowest BCUT2D eigenvalue weighted by molar-refractivity contribution is -0.160. The van der Waals surface area contributed by atoms with Gasteiger partial charge in [-0.1, -0.05) is 0 Å². The Kier molecular flexibility index (Phi) is 10.4. The minimum Gasteiger partial charge on any atom is -0.458 e. The zero-order valence-electron chi connectivity index (χ0n) is 14.8. The minimum atomic E-state index is -0.473. The molecule has 0 aliphatic carbocycles. The molecule has 0 amide bonds. The molecule has 0 aromatic carbocycles. The zero-order valence-corrected chi connectivity index (χ0v) is 14.8. The van der Waals surface area contributed by atoms with Gasteiger partial charge in [0.15, 0.2) is 0 Å². The fourth-order valence-electron chi connectivity index (χ4n) is 2.09. The van der Waals surface area contributed by atoms with Crippen LogP contribution in [0.5, 0.6) is 0 Å². The summed E-state index contributed by atoms with van der Waals surface area (Å²) in [7, 11) is 0. The fraction of sp³-hybridized carbons (Fsp3) is 0.938. The molecule has 1 heterocycles. The Morgan fingerprint density at radius 3 is 2.13 bits per heavy atom. The van der Waals surface area contributed by atoms with Crippen molar-refractivity contribution >= 4 is 5.97 Å². The first-order chi connectivity index (χ1) is 11.0. The number of nitrogens with one attached hydrogen (secondary N) is 1. The normalized spacial score (nSPS) is 16.5. The highest BCUT2D eigenvalue weighted by Crippen LogP contribution is 2.06. The lowest BCUT2D eigenvalue weighted by Crippen LogP contribution is -2.44. The highest BCUT2D eigenvalue weighted by Gasteiger charge is 2.15. The van der Waals surface area contributed by atoms with Gasteiger partial charge in [0.05, 0.1) is 33.0 Å². The lowest BCUT2D eigenvalue weighted by Gasteiger charge is -2.26. The molecular weight excluding hydrogens is 300 g/mol. The van der Waals surface area contributed by atoms with Gasteiger partial charge in [-0.3, -0.25) is 4.90 Å². The number of rotatable bonds is 11. The van der Waals surface area contributed by atoms with Crippen LogP contribution in [0.2, 0.25) is 0 Å². The monoisotopic (exact) mass is 332 g/mol. The van der Waals surface area contributed by atoms with E-state index in [4.69, 9.17) is 18.9 Å². The van der Waals surface area contributed by atoms with Crippen LogP contribution in [0.1, 0.15) is 20.8 Å². The van der Waals surface area contributed by atoms with Gasteiger partial charge in [0, 0.05) is 32.7 Å². The summed E-state index contributed by atoms with van der Waals surface area (Å²) in [6.07, 6.45) is 0. The second-order valence-corrected chi connectivity index (χ2v) is 6.46. The van der Waals surface area contributed by atoms with Crippen molar-refractivity contribution in [3.63, 3.8) is 0 Å². The Balaban J connectivity index is 1.80. The van der Waals surface area contributed by atoms with Crippen molar-refractivity contribution in [3.05, 3.63) is 0 Å². The summed E-state index contributed by atoms with van der Waals surface area (Å²) >= 11 is 0. The Morgan fingerprint density at radius 2 is 1.52 bits per heavy atom. The summed E-state index contributed by atoms with van der Waals surface area (Å²) < 4.78 is 21.2. The average molecular weight is 332 g/mol. The second kappa shape index (κ2) is 11.8. The maximum atomic E-state index is 11.4. The van der Waals surface area contributed by atoms with E-state index in [-0.39, 0.29) is 12.6 Å². The number of nitrogens with zero attached hydrogens (tertiary/aromatic N) is 1. The molecule has 1 fully saturated rings. The van der Waals surface area contributed by atoms with Crippen LogP contribution < -0.4 is 5.32 Å². The first-order valence-electron chi connectivity index (χ1n) is 8.35. The molecule has 0 spiro atoms. The number of esters is 1. The maximum Gasteiger partial charge on any atom is 0.332 e. The molecule has 1 rings (SSSR count). The van der Waals surface area contributed by atoms with E-state index in [0.29, 0.717) is 26.4 Å². The van der Waals surface area contributed by atoms with E-state index in [1.165, 1.54) is 0 Å². The highest BCUT2D eigenvalue weighted by molar-refractivity contribution is 5.71. The average Bonchev–Trinajstić information content (AvgIpc) is 2.48. The van der Waals surface area contributed by atoms with Crippen LogP contribution in [-0.2, 0) is 23.7 Å². The first kappa shape index (κ1) is 20.3. The molecule has 0 radical (unpaired) electrons. The molecule has 1 saturated heterocycles. The minimum absolute atomic E-state index is 0.0399. The van der Waals surface area contributed by atoms with Crippen molar-refractivity contribution in [2.75, 3.05) is 72.4 Å². The highest BCUT2D eigenvalue weighted by atomic mass is 16.6. The van der Waals surface area contributed by atoms with Gasteiger partial charge in [0.25, 0.3) is 0 Å². The largest absolute Gasteiger partial charge is 0.458 e. The number of hydrogen-bond donors (Lipinski definition) is 1. The van der Waals surface area contributed by atoms with Gasteiger partial charge >= 0.3 is 5.97 Å². The van der Waals surface area contributed by atoms with E-state index in [1.807, 2.05) is 20.8 Å². The van der Waals surface area contributed by atoms with Gasteiger partial charge in [-0.15, -0.1) is 0 Å². The summed E-state index contributed by atoms with van der Waals surface area (Å²) in [5, 5.41) is 3.32. The van der Waals surface area contributed by atoms with E-state index < -0.39 is 5.60 Å². The SMILES string of the molecule is CC(C)(C)OC(=O)COCCOCCOCCN1CCNCC1. The molecule has 23 heavy (non-hydrogen) atoms. The van der Waals surface area contributed by atoms with Crippen molar-refractivity contribution in [2.45, 2.75) is 26.4 Å². The molecular formula is C16H32N2O5. The summed E-state index contributed by atoms with van der Waals surface area (Å²) in [6.45, 7) is 13.4. The van der Waals surface area contributed by atoms with Crippen LogP contribution in [0.25, 0.3) is 0 Å². The molecule has 1 aliphatic heterocycles. The van der Waals surface area contributed by atoms with Crippen LogP contribution in [0.15, 0.2) is 0 Å². The van der Waals surface area contributed by atoms with Crippen LogP contribution in [0, 0.1) is 0 Å². The fourth-order valence-corrected chi connectivity index (χ4v) is 2.09. The Bertz CT molecular complexity index is 314. The Hall–Kier alpha value is -0.730. The molecule has 7 nitrogen and oxygen atoms in total. The number of carbonyl (C=O) groups is 1. The van der Waals surface area contributed by atoms with E-state index in [2.05, 4.69) is 10.2 Å². The van der Waals surface area contributed by atoms with E-state index >= 15 is 0 Å². The Morgan fingerprint density at radius 1 is 0.957 bits per heavy atom. The summed E-state index contributed by atoms with van der Waals surface area (Å²) in [5.74, 6) is -0.353. The number of piperazine rings is 1. The topological polar surface area (TPSA) is 69.3 Å². The Labute approximate surface area is 139 Å². The molecule has 0 saturated carbocycles. The number of ether oxygens (including phenoxy) is 4. The molecule has 1 N–H and O–H groups in total. The van der Waals surface area contributed by atoms with E-state index in [1.54, 1.807) is 0 Å².